The molecule has 1 aliphatic carbocycles. The van der Waals surface area contributed by atoms with Crippen molar-refractivity contribution in [2.45, 2.75) is 58.9 Å². The molecule has 4 nitrogen and oxygen atoms in total. The number of nitrogens with zero attached hydrogens (tertiary/aromatic N) is 1. The van der Waals surface area contributed by atoms with Gasteiger partial charge in [0.05, 0.1) is 0 Å². The first kappa shape index (κ1) is 16.5. The molecule has 1 N–H and O–H groups in total. The zero-order chi connectivity index (χ0) is 16.1. The Morgan fingerprint density at radius 3 is 2.23 bits per heavy atom. The van der Waals surface area contributed by atoms with Gasteiger partial charge in [-0.3, -0.25) is 9.59 Å². The molecule has 1 aliphatic rings. The summed E-state index contributed by atoms with van der Waals surface area (Å²) in [6.45, 7) is 6.20. The molecule has 1 aromatic rings. The minimum atomic E-state index is -0.00479. The highest BCUT2D eigenvalue weighted by atomic mass is 16.2. The Bertz CT molecular complexity index is 528. The largest absolute Gasteiger partial charge is 0.353 e. The summed E-state index contributed by atoms with van der Waals surface area (Å²) >= 11 is 0. The fourth-order valence-corrected chi connectivity index (χ4v) is 2.73. The zero-order valence-electron chi connectivity index (χ0n) is 13.8. The number of nitrogens with one attached hydrogen (secondary N) is 1. The van der Waals surface area contributed by atoms with Gasteiger partial charge in [-0.25, -0.2) is 0 Å². The number of hydrogen-bond donors (Lipinski definition) is 1. The van der Waals surface area contributed by atoms with Crippen molar-refractivity contribution in [3.63, 3.8) is 0 Å². The summed E-state index contributed by atoms with van der Waals surface area (Å²) in [5, 5.41) is 2.98. The van der Waals surface area contributed by atoms with Gasteiger partial charge in [0.25, 0.3) is 0 Å². The second-order valence-corrected chi connectivity index (χ2v) is 5.89. The monoisotopic (exact) mass is 302 g/mol. The number of anilines is 1. The van der Waals surface area contributed by atoms with Gasteiger partial charge in [0.1, 0.15) is 0 Å². The van der Waals surface area contributed by atoms with Crippen molar-refractivity contribution in [3.05, 3.63) is 29.3 Å². The van der Waals surface area contributed by atoms with E-state index in [1.54, 1.807) is 11.8 Å². The Hall–Kier alpha value is -1.84. The third-order valence-electron chi connectivity index (χ3n) is 4.12. The molecule has 0 heterocycles. The van der Waals surface area contributed by atoms with E-state index in [0.29, 0.717) is 19.0 Å². The van der Waals surface area contributed by atoms with Crippen LogP contribution in [0.25, 0.3) is 0 Å². The molecule has 4 heteroatoms. The lowest BCUT2D eigenvalue weighted by Gasteiger charge is -2.26. The maximum absolute atomic E-state index is 12.1. The minimum absolute atomic E-state index is 0.00479. The van der Waals surface area contributed by atoms with E-state index in [-0.39, 0.29) is 11.8 Å². The van der Waals surface area contributed by atoms with Crippen molar-refractivity contribution >= 4 is 17.5 Å². The van der Waals surface area contributed by atoms with E-state index < -0.39 is 0 Å². The SMILES string of the molecule is CCc1cccc(CC)c1N(CCC(=O)NC1CC1)C(C)=O. The number of carbonyl (C=O) groups excluding carboxylic acids is 2. The molecule has 0 radical (unpaired) electrons. The molecule has 0 saturated heterocycles. The van der Waals surface area contributed by atoms with Gasteiger partial charge in [-0.1, -0.05) is 32.0 Å². The lowest BCUT2D eigenvalue weighted by molar-refractivity contribution is -0.121. The lowest BCUT2D eigenvalue weighted by atomic mass is 10.0. The van der Waals surface area contributed by atoms with Crippen LogP contribution in [0, 0.1) is 0 Å². The van der Waals surface area contributed by atoms with Crippen molar-refractivity contribution in [2.24, 2.45) is 0 Å². The topological polar surface area (TPSA) is 49.4 Å². The molecule has 22 heavy (non-hydrogen) atoms. The van der Waals surface area contributed by atoms with Gasteiger partial charge in [-0.05, 0) is 36.8 Å². The average molecular weight is 302 g/mol. The Balaban J connectivity index is 2.16. The van der Waals surface area contributed by atoms with Gasteiger partial charge in [0, 0.05) is 31.6 Å². The Morgan fingerprint density at radius 1 is 1.18 bits per heavy atom. The van der Waals surface area contributed by atoms with E-state index >= 15 is 0 Å². The third-order valence-corrected chi connectivity index (χ3v) is 4.12. The van der Waals surface area contributed by atoms with Gasteiger partial charge in [-0.2, -0.15) is 0 Å². The second-order valence-electron chi connectivity index (χ2n) is 5.89. The number of carbonyl (C=O) groups is 2. The maximum atomic E-state index is 12.1. The zero-order valence-corrected chi connectivity index (χ0v) is 13.8. The van der Waals surface area contributed by atoms with Crippen LogP contribution >= 0.6 is 0 Å². The molecule has 120 valence electrons. The van der Waals surface area contributed by atoms with E-state index in [4.69, 9.17) is 0 Å². The van der Waals surface area contributed by atoms with E-state index in [9.17, 15) is 9.59 Å². The molecule has 0 spiro atoms. The van der Waals surface area contributed by atoms with Gasteiger partial charge < -0.3 is 10.2 Å². The predicted octanol–water partition coefficient (Wildman–Crippen LogP) is 2.83. The molecule has 0 aliphatic heterocycles. The molecular weight excluding hydrogens is 276 g/mol. The quantitative estimate of drug-likeness (QED) is 0.842. The highest BCUT2D eigenvalue weighted by Gasteiger charge is 2.24. The third kappa shape index (κ3) is 4.09. The highest BCUT2D eigenvalue weighted by Crippen LogP contribution is 2.27. The fourth-order valence-electron chi connectivity index (χ4n) is 2.73. The predicted molar refractivity (Wildman–Crippen MR) is 89.0 cm³/mol. The standard InChI is InChI=1S/C18H26N2O2/c1-4-14-7-6-8-15(5-2)18(14)20(13(3)21)12-11-17(22)19-16-9-10-16/h6-8,16H,4-5,9-12H2,1-3H3,(H,19,22). The molecular formula is C18H26N2O2. The van der Waals surface area contributed by atoms with Crippen LogP contribution in [0.15, 0.2) is 18.2 Å². The first-order chi connectivity index (χ1) is 10.6. The van der Waals surface area contributed by atoms with E-state index in [1.807, 2.05) is 6.07 Å². The highest BCUT2D eigenvalue weighted by molar-refractivity contribution is 5.94. The van der Waals surface area contributed by atoms with E-state index in [0.717, 1.165) is 42.5 Å². The number of aryl methyl sites for hydroxylation is 2. The van der Waals surface area contributed by atoms with Crippen LogP contribution in [0.3, 0.4) is 0 Å². The molecule has 2 amide bonds. The van der Waals surface area contributed by atoms with Gasteiger partial charge in [-0.15, -0.1) is 0 Å². The summed E-state index contributed by atoms with van der Waals surface area (Å²) in [5.41, 5.74) is 3.33. The first-order valence-electron chi connectivity index (χ1n) is 8.25. The van der Waals surface area contributed by atoms with E-state index in [1.165, 1.54) is 0 Å². The summed E-state index contributed by atoms with van der Waals surface area (Å²) in [6.07, 6.45) is 4.28. The number of benzene rings is 1. The summed E-state index contributed by atoms with van der Waals surface area (Å²) in [7, 11) is 0. The molecule has 1 fully saturated rings. The number of hydrogen-bond acceptors (Lipinski definition) is 2. The molecule has 0 unspecified atom stereocenters. The number of rotatable bonds is 7. The van der Waals surface area contributed by atoms with Crippen LogP contribution in [-0.2, 0) is 22.4 Å². The van der Waals surface area contributed by atoms with Gasteiger partial charge in [0.15, 0.2) is 0 Å². The molecule has 0 atom stereocenters. The Kier molecular flexibility index (Phi) is 5.58. The Labute approximate surface area is 132 Å². The fraction of sp³-hybridized carbons (Fsp3) is 0.556. The van der Waals surface area contributed by atoms with Crippen molar-refractivity contribution in [1.82, 2.24) is 5.32 Å². The molecule has 2 rings (SSSR count). The van der Waals surface area contributed by atoms with Crippen LogP contribution < -0.4 is 10.2 Å². The summed E-state index contributed by atoms with van der Waals surface area (Å²) < 4.78 is 0. The average Bonchev–Trinajstić information content (AvgIpc) is 3.30. The number of para-hydroxylation sites is 1. The van der Waals surface area contributed by atoms with Crippen molar-refractivity contribution < 1.29 is 9.59 Å². The second kappa shape index (κ2) is 7.43. The summed E-state index contributed by atoms with van der Waals surface area (Å²) in [5.74, 6) is 0.0376. The summed E-state index contributed by atoms with van der Waals surface area (Å²) in [6, 6.07) is 6.54. The van der Waals surface area contributed by atoms with Crippen LogP contribution in [0.4, 0.5) is 5.69 Å². The molecule has 1 aromatic carbocycles. The van der Waals surface area contributed by atoms with Gasteiger partial charge in [0.2, 0.25) is 11.8 Å². The summed E-state index contributed by atoms with van der Waals surface area (Å²) in [4.78, 5) is 25.8. The van der Waals surface area contributed by atoms with Crippen LogP contribution in [0.2, 0.25) is 0 Å². The molecule has 0 aromatic heterocycles. The smallest absolute Gasteiger partial charge is 0.223 e. The van der Waals surface area contributed by atoms with Crippen LogP contribution in [-0.4, -0.2) is 24.4 Å². The normalized spacial score (nSPS) is 13.8. The van der Waals surface area contributed by atoms with Crippen molar-refractivity contribution in [1.29, 1.82) is 0 Å². The minimum Gasteiger partial charge on any atom is -0.353 e. The van der Waals surface area contributed by atoms with Crippen LogP contribution in [0.5, 0.6) is 0 Å². The molecule has 0 bridgehead atoms. The van der Waals surface area contributed by atoms with Gasteiger partial charge >= 0.3 is 0 Å². The van der Waals surface area contributed by atoms with Crippen molar-refractivity contribution in [2.75, 3.05) is 11.4 Å². The van der Waals surface area contributed by atoms with Crippen molar-refractivity contribution in [3.8, 4) is 0 Å². The number of amides is 2. The lowest BCUT2D eigenvalue weighted by Crippen LogP contribution is -2.35. The maximum Gasteiger partial charge on any atom is 0.223 e. The van der Waals surface area contributed by atoms with Crippen LogP contribution in [0.1, 0.15) is 51.2 Å². The first-order valence-corrected chi connectivity index (χ1v) is 8.25. The Morgan fingerprint density at radius 2 is 1.77 bits per heavy atom. The van der Waals surface area contributed by atoms with E-state index in [2.05, 4.69) is 31.3 Å². The molecule has 1 saturated carbocycles.